The SMILES string of the molecule is O=C(Nc1ccccn1)OCCc1c2cccc(F)c2c(O)n1Cc1ccc(F)cc1. The Morgan fingerprint density at radius 3 is 2.61 bits per heavy atom. The van der Waals surface area contributed by atoms with E-state index in [-0.39, 0.29) is 36.7 Å². The predicted molar refractivity (Wildman–Crippen MR) is 112 cm³/mol. The van der Waals surface area contributed by atoms with Crippen LogP contribution in [0.2, 0.25) is 0 Å². The molecular formula is C23H19F2N3O3. The molecule has 2 N–H and O–H groups in total. The average molecular weight is 423 g/mol. The van der Waals surface area contributed by atoms with Crippen LogP contribution in [0.3, 0.4) is 0 Å². The van der Waals surface area contributed by atoms with Crippen LogP contribution in [0.15, 0.2) is 66.9 Å². The fourth-order valence-corrected chi connectivity index (χ4v) is 3.43. The zero-order valence-corrected chi connectivity index (χ0v) is 16.4. The molecule has 4 rings (SSSR count). The molecule has 0 saturated carbocycles. The van der Waals surface area contributed by atoms with E-state index >= 15 is 0 Å². The van der Waals surface area contributed by atoms with Gasteiger partial charge in [-0.2, -0.15) is 0 Å². The van der Waals surface area contributed by atoms with E-state index in [0.717, 1.165) is 5.56 Å². The van der Waals surface area contributed by atoms with Gasteiger partial charge >= 0.3 is 6.09 Å². The Hall–Kier alpha value is -3.94. The molecule has 4 aromatic rings. The molecule has 0 aliphatic carbocycles. The molecule has 0 aliphatic heterocycles. The number of anilines is 1. The van der Waals surface area contributed by atoms with Crippen LogP contribution in [0.1, 0.15) is 11.3 Å². The zero-order chi connectivity index (χ0) is 21.8. The zero-order valence-electron chi connectivity index (χ0n) is 16.4. The monoisotopic (exact) mass is 423 g/mol. The molecule has 2 aromatic heterocycles. The summed E-state index contributed by atoms with van der Waals surface area (Å²) in [4.78, 5) is 16.0. The van der Waals surface area contributed by atoms with Crippen LogP contribution in [0.4, 0.5) is 19.4 Å². The average Bonchev–Trinajstić information content (AvgIpc) is 3.03. The van der Waals surface area contributed by atoms with Crippen molar-refractivity contribution in [2.45, 2.75) is 13.0 Å². The molecule has 1 amide bonds. The highest BCUT2D eigenvalue weighted by molar-refractivity contribution is 5.91. The van der Waals surface area contributed by atoms with Gasteiger partial charge in [0, 0.05) is 23.7 Å². The van der Waals surface area contributed by atoms with Gasteiger partial charge in [0.15, 0.2) is 0 Å². The minimum atomic E-state index is -0.671. The Labute approximate surface area is 176 Å². The quantitative estimate of drug-likeness (QED) is 0.464. The Kier molecular flexibility index (Phi) is 5.79. The summed E-state index contributed by atoms with van der Waals surface area (Å²) in [6.07, 6.45) is 1.11. The number of rotatable bonds is 6. The lowest BCUT2D eigenvalue weighted by Crippen LogP contribution is -2.17. The number of amides is 1. The molecule has 0 radical (unpaired) electrons. The summed E-state index contributed by atoms with van der Waals surface area (Å²) < 4.78 is 34.4. The van der Waals surface area contributed by atoms with E-state index in [2.05, 4.69) is 10.3 Å². The van der Waals surface area contributed by atoms with Gasteiger partial charge in [-0.15, -0.1) is 0 Å². The number of benzene rings is 2. The van der Waals surface area contributed by atoms with Crippen LogP contribution in [0.5, 0.6) is 5.88 Å². The van der Waals surface area contributed by atoms with Crippen molar-refractivity contribution in [1.82, 2.24) is 9.55 Å². The first kappa shape index (κ1) is 20.3. The third-order valence-electron chi connectivity index (χ3n) is 4.85. The van der Waals surface area contributed by atoms with Gasteiger partial charge < -0.3 is 14.4 Å². The predicted octanol–water partition coefficient (Wildman–Crippen LogP) is 4.86. The van der Waals surface area contributed by atoms with Crippen molar-refractivity contribution in [2.75, 3.05) is 11.9 Å². The maximum Gasteiger partial charge on any atom is 0.412 e. The number of aromatic nitrogens is 2. The molecular weight excluding hydrogens is 404 g/mol. The first-order valence-electron chi connectivity index (χ1n) is 9.60. The highest BCUT2D eigenvalue weighted by Gasteiger charge is 2.20. The van der Waals surface area contributed by atoms with E-state index < -0.39 is 11.9 Å². The molecule has 31 heavy (non-hydrogen) atoms. The normalized spacial score (nSPS) is 10.9. The second-order valence-electron chi connectivity index (χ2n) is 6.87. The van der Waals surface area contributed by atoms with E-state index in [0.29, 0.717) is 16.9 Å². The third kappa shape index (κ3) is 4.48. The summed E-state index contributed by atoms with van der Waals surface area (Å²) in [6.45, 7) is 0.201. The van der Waals surface area contributed by atoms with Gasteiger partial charge in [0.25, 0.3) is 0 Å². The Morgan fingerprint density at radius 2 is 1.87 bits per heavy atom. The maximum atomic E-state index is 14.4. The van der Waals surface area contributed by atoms with Crippen molar-refractivity contribution in [3.05, 3.63) is 89.8 Å². The van der Waals surface area contributed by atoms with E-state index in [1.165, 1.54) is 18.2 Å². The number of pyridine rings is 1. The smallest absolute Gasteiger partial charge is 0.412 e. The number of nitrogens with one attached hydrogen (secondary N) is 1. The standard InChI is InChI=1S/C23H19F2N3O3/c24-16-9-7-15(8-10-16)14-28-19(17-4-3-5-18(25)21(17)22(28)29)11-13-31-23(30)27-20-6-1-2-12-26-20/h1-10,12,29H,11,13-14H2,(H,26,27,30). The van der Waals surface area contributed by atoms with Crippen LogP contribution in [0, 0.1) is 11.6 Å². The minimum absolute atomic E-state index is 0.00283. The maximum absolute atomic E-state index is 14.4. The van der Waals surface area contributed by atoms with Crippen molar-refractivity contribution < 1.29 is 23.4 Å². The molecule has 158 valence electrons. The molecule has 0 saturated heterocycles. The lowest BCUT2D eigenvalue weighted by atomic mass is 10.1. The number of nitrogens with zero attached hydrogens (tertiary/aromatic N) is 2. The molecule has 0 fully saturated rings. The summed E-state index contributed by atoms with van der Waals surface area (Å²) in [5.41, 5.74) is 1.33. The molecule has 0 unspecified atom stereocenters. The molecule has 8 heteroatoms. The summed E-state index contributed by atoms with van der Waals surface area (Å²) in [5.74, 6) is -0.796. The Bertz CT molecular complexity index is 1210. The number of ether oxygens (including phenoxy) is 1. The van der Waals surface area contributed by atoms with Gasteiger partial charge in [0.2, 0.25) is 5.88 Å². The van der Waals surface area contributed by atoms with E-state index in [4.69, 9.17) is 4.74 Å². The number of carbonyl (C=O) groups is 1. The minimum Gasteiger partial charge on any atom is -0.494 e. The lowest BCUT2D eigenvalue weighted by Gasteiger charge is -2.12. The lowest BCUT2D eigenvalue weighted by molar-refractivity contribution is 0.162. The van der Waals surface area contributed by atoms with Gasteiger partial charge in [0.05, 0.1) is 18.5 Å². The third-order valence-corrected chi connectivity index (χ3v) is 4.85. The van der Waals surface area contributed by atoms with E-state index in [1.54, 1.807) is 53.2 Å². The van der Waals surface area contributed by atoms with Crippen molar-refractivity contribution in [3.63, 3.8) is 0 Å². The van der Waals surface area contributed by atoms with Gasteiger partial charge in [-0.3, -0.25) is 5.32 Å². The van der Waals surface area contributed by atoms with Crippen LogP contribution >= 0.6 is 0 Å². The van der Waals surface area contributed by atoms with E-state index in [1.807, 2.05) is 0 Å². The van der Waals surface area contributed by atoms with Gasteiger partial charge in [-0.05, 0) is 35.9 Å². The molecule has 0 spiro atoms. The number of aromatic hydroxyl groups is 1. The molecule has 6 nitrogen and oxygen atoms in total. The summed E-state index contributed by atoms with van der Waals surface area (Å²) in [6, 6.07) is 15.4. The molecule has 0 aliphatic rings. The summed E-state index contributed by atoms with van der Waals surface area (Å²) in [5, 5.41) is 13.8. The first-order chi connectivity index (χ1) is 15.0. The van der Waals surface area contributed by atoms with Crippen molar-refractivity contribution >= 4 is 22.7 Å². The first-order valence-corrected chi connectivity index (χ1v) is 9.60. The van der Waals surface area contributed by atoms with Gasteiger partial charge in [-0.1, -0.05) is 30.3 Å². The van der Waals surface area contributed by atoms with Gasteiger partial charge in [0.1, 0.15) is 17.5 Å². The fourth-order valence-electron chi connectivity index (χ4n) is 3.43. The van der Waals surface area contributed by atoms with Crippen molar-refractivity contribution in [2.24, 2.45) is 0 Å². The molecule has 2 aromatic carbocycles. The van der Waals surface area contributed by atoms with Crippen LogP contribution in [0.25, 0.3) is 10.8 Å². The Morgan fingerprint density at radius 1 is 1.06 bits per heavy atom. The summed E-state index contributed by atoms with van der Waals surface area (Å²) in [7, 11) is 0. The second kappa shape index (κ2) is 8.83. The van der Waals surface area contributed by atoms with Crippen molar-refractivity contribution in [3.8, 4) is 5.88 Å². The number of carbonyl (C=O) groups excluding carboxylic acids is 1. The topological polar surface area (TPSA) is 76.4 Å². The molecule has 0 bridgehead atoms. The number of hydrogen-bond donors (Lipinski definition) is 2. The van der Waals surface area contributed by atoms with Crippen LogP contribution < -0.4 is 5.32 Å². The second-order valence-corrected chi connectivity index (χ2v) is 6.87. The highest BCUT2D eigenvalue weighted by atomic mass is 19.1. The largest absolute Gasteiger partial charge is 0.494 e. The fraction of sp³-hybridized carbons (Fsp3) is 0.130. The summed E-state index contributed by atoms with van der Waals surface area (Å²) >= 11 is 0. The van der Waals surface area contributed by atoms with E-state index in [9.17, 15) is 18.7 Å². The number of hydrogen-bond acceptors (Lipinski definition) is 4. The number of fused-ring (bicyclic) bond motifs is 1. The molecule has 0 atom stereocenters. The van der Waals surface area contributed by atoms with Crippen LogP contribution in [-0.2, 0) is 17.7 Å². The number of halogens is 2. The molecule has 2 heterocycles. The van der Waals surface area contributed by atoms with Crippen molar-refractivity contribution in [1.29, 1.82) is 0 Å². The Balaban J connectivity index is 1.56. The highest BCUT2D eigenvalue weighted by Crippen LogP contribution is 2.34. The van der Waals surface area contributed by atoms with Gasteiger partial charge in [-0.25, -0.2) is 18.6 Å². The van der Waals surface area contributed by atoms with Crippen LogP contribution in [-0.4, -0.2) is 27.4 Å².